The zero-order chi connectivity index (χ0) is 17.2. The molecule has 0 aliphatic rings. The average Bonchev–Trinajstić information content (AvgIpc) is 2.46. The van der Waals surface area contributed by atoms with Gasteiger partial charge in [-0.25, -0.2) is 13.6 Å². The highest BCUT2D eigenvalue weighted by atomic mass is 79.9. The normalized spacial score (nSPS) is 12.7. The van der Waals surface area contributed by atoms with Crippen LogP contribution >= 0.6 is 27.5 Å². The van der Waals surface area contributed by atoms with E-state index in [1.807, 2.05) is 31.2 Å². The maximum Gasteiger partial charge on any atom is 0.251 e. The molecule has 3 N–H and O–H groups in total. The molecule has 0 unspecified atom stereocenters. The van der Waals surface area contributed by atoms with Gasteiger partial charge in [0.2, 0.25) is 10.0 Å². The van der Waals surface area contributed by atoms with E-state index in [9.17, 15) is 13.2 Å². The van der Waals surface area contributed by atoms with Gasteiger partial charge in [-0.05, 0) is 36.8 Å². The third-order valence-electron chi connectivity index (χ3n) is 3.22. The first-order valence-electron chi connectivity index (χ1n) is 6.58. The van der Waals surface area contributed by atoms with Crippen molar-refractivity contribution in [3.63, 3.8) is 0 Å². The van der Waals surface area contributed by atoms with Gasteiger partial charge < -0.3 is 5.32 Å². The van der Waals surface area contributed by atoms with E-state index in [-0.39, 0.29) is 21.5 Å². The molecular weight excluding hydrogens is 404 g/mol. The van der Waals surface area contributed by atoms with Crippen LogP contribution in [-0.4, -0.2) is 14.3 Å². The van der Waals surface area contributed by atoms with Gasteiger partial charge in [0.05, 0.1) is 11.1 Å². The van der Waals surface area contributed by atoms with Crippen LogP contribution < -0.4 is 10.5 Å². The van der Waals surface area contributed by atoms with Crippen LogP contribution in [0.15, 0.2) is 51.8 Å². The SMILES string of the molecule is C[C@H](NC(=O)c1ccc(Cl)c(S(N)(=O)=O)c1)c1ccccc1Br. The first-order valence-corrected chi connectivity index (χ1v) is 9.29. The number of hydrogen-bond acceptors (Lipinski definition) is 3. The molecule has 0 fully saturated rings. The third kappa shape index (κ3) is 4.32. The van der Waals surface area contributed by atoms with Crippen LogP contribution in [0.2, 0.25) is 5.02 Å². The number of nitrogens with two attached hydrogens (primary N) is 1. The van der Waals surface area contributed by atoms with E-state index < -0.39 is 15.9 Å². The molecule has 0 spiro atoms. The summed E-state index contributed by atoms with van der Waals surface area (Å²) in [7, 11) is -4.00. The van der Waals surface area contributed by atoms with E-state index in [2.05, 4.69) is 21.2 Å². The average molecular weight is 418 g/mol. The Labute approximate surface area is 148 Å². The van der Waals surface area contributed by atoms with Crippen molar-refractivity contribution in [3.8, 4) is 0 Å². The highest BCUT2D eigenvalue weighted by Gasteiger charge is 2.18. The van der Waals surface area contributed by atoms with E-state index in [4.69, 9.17) is 16.7 Å². The van der Waals surface area contributed by atoms with Crippen molar-refractivity contribution in [3.05, 3.63) is 63.1 Å². The van der Waals surface area contributed by atoms with Crippen molar-refractivity contribution in [2.45, 2.75) is 17.9 Å². The van der Waals surface area contributed by atoms with Gasteiger partial charge in [-0.3, -0.25) is 4.79 Å². The molecule has 2 rings (SSSR count). The molecule has 1 atom stereocenters. The van der Waals surface area contributed by atoms with Crippen molar-refractivity contribution >= 4 is 43.5 Å². The number of primary sulfonamides is 1. The summed E-state index contributed by atoms with van der Waals surface area (Å²) in [4.78, 5) is 12.0. The minimum atomic E-state index is -4.00. The highest BCUT2D eigenvalue weighted by molar-refractivity contribution is 9.10. The minimum absolute atomic E-state index is 0.0251. The lowest BCUT2D eigenvalue weighted by atomic mass is 10.1. The molecule has 0 bridgehead atoms. The number of sulfonamides is 1. The number of rotatable bonds is 4. The lowest BCUT2D eigenvalue weighted by Crippen LogP contribution is -2.27. The number of hydrogen-bond donors (Lipinski definition) is 2. The van der Waals surface area contributed by atoms with Crippen LogP contribution in [0, 0.1) is 0 Å². The summed E-state index contributed by atoms with van der Waals surface area (Å²) in [5.41, 5.74) is 1.07. The lowest BCUT2D eigenvalue weighted by molar-refractivity contribution is 0.0939. The van der Waals surface area contributed by atoms with Crippen molar-refractivity contribution < 1.29 is 13.2 Å². The molecule has 0 radical (unpaired) electrons. The van der Waals surface area contributed by atoms with Crippen LogP contribution in [0.1, 0.15) is 28.9 Å². The number of carbonyl (C=O) groups excluding carboxylic acids is 1. The summed E-state index contributed by atoms with van der Waals surface area (Å²) in [6, 6.07) is 11.2. The van der Waals surface area contributed by atoms with Crippen molar-refractivity contribution in [2.75, 3.05) is 0 Å². The Balaban J connectivity index is 2.27. The van der Waals surface area contributed by atoms with Gasteiger partial charge in [0.15, 0.2) is 0 Å². The summed E-state index contributed by atoms with van der Waals surface area (Å²) in [5, 5.41) is 7.87. The Morgan fingerprint density at radius 1 is 1.26 bits per heavy atom. The number of halogens is 2. The van der Waals surface area contributed by atoms with Gasteiger partial charge >= 0.3 is 0 Å². The zero-order valence-corrected chi connectivity index (χ0v) is 15.2. The van der Waals surface area contributed by atoms with Crippen LogP contribution in [0.5, 0.6) is 0 Å². The topological polar surface area (TPSA) is 89.3 Å². The quantitative estimate of drug-likeness (QED) is 0.800. The molecule has 5 nitrogen and oxygen atoms in total. The molecule has 23 heavy (non-hydrogen) atoms. The van der Waals surface area contributed by atoms with Crippen molar-refractivity contribution in [1.82, 2.24) is 5.32 Å². The maximum absolute atomic E-state index is 12.3. The standard InChI is InChI=1S/C15H14BrClN2O3S/c1-9(11-4-2-3-5-12(11)16)19-15(20)10-6-7-13(17)14(8-10)23(18,21)22/h2-9H,1H3,(H,19,20)(H2,18,21,22)/t9-/m0/s1. The molecule has 0 saturated carbocycles. The second-order valence-corrected chi connectivity index (χ2v) is 7.70. The first-order chi connectivity index (χ1) is 10.7. The number of amides is 1. The maximum atomic E-state index is 12.3. The van der Waals surface area contributed by atoms with Crippen LogP contribution in [0.3, 0.4) is 0 Å². The lowest BCUT2D eigenvalue weighted by Gasteiger charge is -2.16. The fraction of sp³-hybridized carbons (Fsp3) is 0.133. The zero-order valence-electron chi connectivity index (χ0n) is 12.1. The van der Waals surface area contributed by atoms with Gasteiger partial charge in [-0.15, -0.1) is 0 Å². The third-order valence-corrected chi connectivity index (χ3v) is 5.33. The van der Waals surface area contributed by atoms with Gasteiger partial charge in [0.25, 0.3) is 5.91 Å². The summed E-state index contributed by atoms with van der Waals surface area (Å²) in [6.07, 6.45) is 0. The smallest absolute Gasteiger partial charge is 0.251 e. The molecular formula is C15H14BrClN2O3S. The molecule has 0 saturated heterocycles. The van der Waals surface area contributed by atoms with Crippen molar-refractivity contribution in [2.24, 2.45) is 5.14 Å². The Bertz CT molecular complexity index is 856. The molecule has 0 aromatic heterocycles. The molecule has 8 heteroatoms. The predicted octanol–water partition coefficient (Wildman–Crippen LogP) is 3.24. The fourth-order valence-electron chi connectivity index (χ4n) is 2.05. The van der Waals surface area contributed by atoms with Crippen LogP contribution in [0.25, 0.3) is 0 Å². The summed E-state index contributed by atoms with van der Waals surface area (Å²) in [6.45, 7) is 1.83. The predicted molar refractivity (Wildman–Crippen MR) is 92.8 cm³/mol. The second-order valence-electron chi connectivity index (χ2n) is 4.91. The number of carbonyl (C=O) groups is 1. The van der Waals surface area contributed by atoms with E-state index in [1.165, 1.54) is 18.2 Å². The monoisotopic (exact) mass is 416 g/mol. The van der Waals surface area contributed by atoms with Gasteiger partial charge in [-0.2, -0.15) is 0 Å². The molecule has 2 aromatic rings. The van der Waals surface area contributed by atoms with Crippen LogP contribution in [-0.2, 0) is 10.0 Å². The Hall–Kier alpha value is -1.41. The van der Waals surface area contributed by atoms with E-state index >= 15 is 0 Å². The largest absolute Gasteiger partial charge is 0.345 e. The van der Waals surface area contributed by atoms with Gasteiger partial charge in [0, 0.05) is 10.0 Å². The summed E-state index contributed by atoms with van der Waals surface area (Å²) < 4.78 is 23.8. The fourth-order valence-corrected chi connectivity index (χ4v) is 3.75. The Morgan fingerprint density at radius 3 is 2.52 bits per heavy atom. The minimum Gasteiger partial charge on any atom is -0.345 e. The second kappa shape index (κ2) is 7.00. The van der Waals surface area contributed by atoms with Crippen molar-refractivity contribution in [1.29, 1.82) is 0 Å². The molecule has 1 amide bonds. The first kappa shape index (κ1) is 17.9. The number of nitrogens with one attached hydrogen (secondary N) is 1. The summed E-state index contributed by atoms with van der Waals surface area (Å²) >= 11 is 9.24. The molecule has 0 heterocycles. The summed E-state index contributed by atoms with van der Waals surface area (Å²) in [5.74, 6) is -0.421. The molecule has 0 aliphatic carbocycles. The Kier molecular flexibility index (Phi) is 5.46. The Morgan fingerprint density at radius 2 is 1.91 bits per heavy atom. The highest BCUT2D eigenvalue weighted by Crippen LogP contribution is 2.24. The van der Waals surface area contributed by atoms with E-state index in [1.54, 1.807) is 0 Å². The molecule has 122 valence electrons. The molecule has 2 aromatic carbocycles. The van der Waals surface area contributed by atoms with E-state index in [0.29, 0.717) is 0 Å². The van der Waals surface area contributed by atoms with Gasteiger partial charge in [-0.1, -0.05) is 45.7 Å². The van der Waals surface area contributed by atoms with Crippen LogP contribution in [0.4, 0.5) is 0 Å². The molecule has 0 aliphatic heterocycles. The van der Waals surface area contributed by atoms with E-state index in [0.717, 1.165) is 10.0 Å². The van der Waals surface area contributed by atoms with Gasteiger partial charge in [0.1, 0.15) is 4.90 Å². The number of benzene rings is 2.